The van der Waals surface area contributed by atoms with Gasteiger partial charge in [-0.25, -0.2) is 4.79 Å². The molecule has 2 saturated heterocycles. The minimum atomic E-state index is -0.171. The van der Waals surface area contributed by atoms with Crippen molar-refractivity contribution < 1.29 is 9.53 Å². The second-order valence-electron chi connectivity index (χ2n) is 5.84. The smallest absolute Gasteiger partial charge is 0.317 e. The van der Waals surface area contributed by atoms with Crippen LogP contribution in [-0.2, 0) is 4.74 Å². The number of carbonyl (C=O) groups is 1. The number of hydrogen-bond acceptors (Lipinski definition) is 2. The highest BCUT2D eigenvalue weighted by Gasteiger charge is 2.31. The number of likely N-dealkylation sites (tertiary alicyclic amines) is 1. The molecule has 1 N–H and O–H groups in total. The molecular weight excluding hydrogens is 216 g/mol. The summed E-state index contributed by atoms with van der Waals surface area (Å²) in [4.78, 5) is 14.1. The van der Waals surface area contributed by atoms with Crippen LogP contribution in [0.15, 0.2) is 0 Å². The van der Waals surface area contributed by atoms with E-state index < -0.39 is 0 Å². The van der Waals surface area contributed by atoms with Crippen LogP contribution < -0.4 is 5.32 Å². The summed E-state index contributed by atoms with van der Waals surface area (Å²) in [6.45, 7) is 7.55. The Bertz CT molecular complexity index is 275. The van der Waals surface area contributed by atoms with E-state index in [0.717, 1.165) is 39.0 Å². The molecule has 2 fully saturated rings. The molecule has 2 aliphatic heterocycles. The van der Waals surface area contributed by atoms with E-state index in [1.807, 2.05) is 4.90 Å². The number of ether oxygens (including phenoxy) is 1. The minimum Gasteiger partial charge on any atom is -0.379 e. The number of urea groups is 1. The predicted molar refractivity (Wildman–Crippen MR) is 67.0 cm³/mol. The first kappa shape index (κ1) is 12.7. The average molecular weight is 240 g/mol. The summed E-state index contributed by atoms with van der Waals surface area (Å²) in [6.07, 6.45) is 4.42. The Hall–Kier alpha value is -0.770. The molecule has 2 unspecified atom stereocenters. The average Bonchev–Trinajstić information content (AvgIpc) is 2.29. The fourth-order valence-corrected chi connectivity index (χ4v) is 2.74. The lowest BCUT2D eigenvalue weighted by molar-refractivity contribution is 0.0298. The monoisotopic (exact) mass is 240 g/mol. The van der Waals surface area contributed by atoms with Gasteiger partial charge in [0.2, 0.25) is 0 Å². The normalized spacial score (nSPS) is 34.5. The van der Waals surface area contributed by atoms with Crippen LogP contribution in [-0.4, -0.2) is 42.8 Å². The summed E-state index contributed by atoms with van der Waals surface area (Å²) in [5, 5.41) is 3.15. The summed E-state index contributed by atoms with van der Waals surface area (Å²) in [7, 11) is 0. The van der Waals surface area contributed by atoms with Crippen molar-refractivity contribution >= 4 is 6.03 Å². The van der Waals surface area contributed by atoms with Crippen molar-refractivity contribution in [3.63, 3.8) is 0 Å². The van der Waals surface area contributed by atoms with Gasteiger partial charge in [0.1, 0.15) is 0 Å². The quantitative estimate of drug-likeness (QED) is 0.761. The van der Waals surface area contributed by atoms with Gasteiger partial charge in [-0.1, -0.05) is 6.92 Å². The van der Waals surface area contributed by atoms with Gasteiger partial charge in [-0.15, -0.1) is 0 Å². The van der Waals surface area contributed by atoms with E-state index in [4.69, 9.17) is 4.74 Å². The van der Waals surface area contributed by atoms with E-state index in [1.165, 1.54) is 6.42 Å². The highest BCUT2D eigenvalue weighted by atomic mass is 16.5. The Labute approximate surface area is 104 Å². The zero-order chi connectivity index (χ0) is 12.3. The van der Waals surface area contributed by atoms with Gasteiger partial charge in [0, 0.05) is 19.7 Å². The molecule has 2 heterocycles. The molecule has 0 aromatic rings. The van der Waals surface area contributed by atoms with E-state index in [2.05, 4.69) is 19.2 Å². The van der Waals surface area contributed by atoms with E-state index in [9.17, 15) is 4.79 Å². The maximum absolute atomic E-state index is 12.2. The Morgan fingerprint density at radius 1 is 1.47 bits per heavy atom. The number of nitrogens with one attached hydrogen (secondary N) is 1. The van der Waals surface area contributed by atoms with Crippen LogP contribution in [0.5, 0.6) is 0 Å². The van der Waals surface area contributed by atoms with Gasteiger partial charge in [0.15, 0.2) is 0 Å². The van der Waals surface area contributed by atoms with Crippen LogP contribution in [0.3, 0.4) is 0 Å². The topological polar surface area (TPSA) is 41.6 Å². The highest BCUT2D eigenvalue weighted by Crippen LogP contribution is 2.20. The zero-order valence-electron chi connectivity index (χ0n) is 11.0. The van der Waals surface area contributed by atoms with Crippen LogP contribution in [0.1, 0.15) is 39.5 Å². The third-order valence-electron chi connectivity index (χ3n) is 3.79. The van der Waals surface area contributed by atoms with Crippen molar-refractivity contribution in [1.29, 1.82) is 0 Å². The lowest BCUT2D eigenvalue weighted by atomic mass is 9.95. The number of rotatable bonds is 1. The van der Waals surface area contributed by atoms with Crippen LogP contribution in [0.25, 0.3) is 0 Å². The van der Waals surface area contributed by atoms with Gasteiger partial charge >= 0.3 is 6.03 Å². The first-order valence-electron chi connectivity index (χ1n) is 6.74. The molecule has 2 amide bonds. The van der Waals surface area contributed by atoms with Crippen LogP contribution in [0.2, 0.25) is 0 Å². The Morgan fingerprint density at radius 2 is 2.29 bits per heavy atom. The molecule has 2 rings (SSSR count). The first-order valence-corrected chi connectivity index (χ1v) is 6.74. The molecule has 0 saturated carbocycles. The third kappa shape index (κ3) is 3.35. The number of amides is 2. The first-order chi connectivity index (χ1) is 8.09. The third-order valence-corrected chi connectivity index (χ3v) is 3.79. The van der Waals surface area contributed by atoms with Crippen molar-refractivity contribution in [2.45, 2.75) is 45.1 Å². The molecule has 0 aromatic heterocycles. The lowest BCUT2D eigenvalue weighted by Crippen LogP contribution is -2.56. The van der Waals surface area contributed by atoms with E-state index in [1.54, 1.807) is 0 Å². The molecular formula is C13H24N2O2. The Balaban J connectivity index is 1.87. The maximum atomic E-state index is 12.2. The molecule has 0 aliphatic carbocycles. The molecule has 4 nitrogen and oxygen atoms in total. The van der Waals surface area contributed by atoms with Crippen molar-refractivity contribution in [1.82, 2.24) is 10.2 Å². The standard InChI is InChI=1S/C13H24N2O2/c1-11-5-3-7-15(9-11)12(16)14-13(2)6-4-8-17-10-13/h11H,3-10H2,1-2H3,(H,14,16). The molecule has 0 bridgehead atoms. The second kappa shape index (κ2) is 5.25. The van der Waals surface area contributed by atoms with Gasteiger partial charge in [-0.05, 0) is 38.5 Å². The lowest BCUT2D eigenvalue weighted by Gasteiger charge is -2.38. The fourth-order valence-electron chi connectivity index (χ4n) is 2.74. The second-order valence-corrected chi connectivity index (χ2v) is 5.84. The summed E-state index contributed by atoms with van der Waals surface area (Å²) in [5.74, 6) is 0.630. The SMILES string of the molecule is CC1CCCN(C(=O)NC2(C)CCCOC2)C1. The molecule has 0 spiro atoms. The summed E-state index contributed by atoms with van der Waals surface area (Å²) < 4.78 is 5.46. The van der Waals surface area contributed by atoms with E-state index >= 15 is 0 Å². The van der Waals surface area contributed by atoms with Crippen LogP contribution in [0.4, 0.5) is 4.79 Å². The molecule has 4 heteroatoms. The van der Waals surface area contributed by atoms with Gasteiger partial charge < -0.3 is 15.0 Å². The molecule has 0 aromatic carbocycles. The number of piperidine rings is 1. The summed E-state index contributed by atoms with van der Waals surface area (Å²) >= 11 is 0. The van der Waals surface area contributed by atoms with Gasteiger partial charge in [-0.2, -0.15) is 0 Å². The number of nitrogens with zero attached hydrogens (tertiary/aromatic N) is 1. The summed E-state index contributed by atoms with van der Waals surface area (Å²) in [6, 6.07) is 0.0875. The molecule has 17 heavy (non-hydrogen) atoms. The van der Waals surface area contributed by atoms with Crippen molar-refractivity contribution in [3.8, 4) is 0 Å². The van der Waals surface area contributed by atoms with Gasteiger partial charge in [0.25, 0.3) is 0 Å². The van der Waals surface area contributed by atoms with Gasteiger partial charge in [-0.3, -0.25) is 0 Å². The largest absolute Gasteiger partial charge is 0.379 e. The summed E-state index contributed by atoms with van der Waals surface area (Å²) in [5.41, 5.74) is -0.171. The highest BCUT2D eigenvalue weighted by molar-refractivity contribution is 5.75. The maximum Gasteiger partial charge on any atom is 0.317 e. The molecule has 2 atom stereocenters. The molecule has 2 aliphatic rings. The fraction of sp³-hybridized carbons (Fsp3) is 0.923. The van der Waals surface area contributed by atoms with E-state index in [-0.39, 0.29) is 11.6 Å². The van der Waals surface area contributed by atoms with Crippen LogP contribution >= 0.6 is 0 Å². The van der Waals surface area contributed by atoms with E-state index in [0.29, 0.717) is 12.5 Å². The predicted octanol–water partition coefficient (Wildman–Crippen LogP) is 2.00. The number of carbonyl (C=O) groups excluding carboxylic acids is 1. The minimum absolute atomic E-state index is 0.0875. The zero-order valence-corrected chi connectivity index (χ0v) is 11.0. The number of hydrogen-bond donors (Lipinski definition) is 1. The van der Waals surface area contributed by atoms with Gasteiger partial charge in [0.05, 0.1) is 12.1 Å². The van der Waals surface area contributed by atoms with Crippen LogP contribution in [0, 0.1) is 5.92 Å². The van der Waals surface area contributed by atoms with Crippen molar-refractivity contribution in [2.75, 3.05) is 26.3 Å². The Morgan fingerprint density at radius 3 is 2.94 bits per heavy atom. The van der Waals surface area contributed by atoms with Crippen molar-refractivity contribution in [3.05, 3.63) is 0 Å². The Kier molecular flexibility index (Phi) is 3.92. The molecule has 0 radical (unpaired) electrons. The molecule has 98 valence electrons. The van der Waals surface area contributed by atoms with Crippen molar-refractivity contribution in [2.24, 2.45) is 5.92 Å².